The first-order valence-corrected chi connectivity index (χ1v) is 14.2. The van der Waals surface area contributed by atoms with E-state index in [4.69, 9.17) is 23.2 Å². The molecule has 0 radical (unpaired) electrons. The second-order valence-corrected chi connectivity index (χ2v) is 11.5. The molecule has 2 aliphatic rings. The Hall–Kier alpha value is -3.09. The van der Waals surface area contributed by atoms with Crippen LogP contribution in [0.4, 0.5) is 5.69 Å². The second kappa shape index (κ2) is 11.2. The molecule has 1 aromatic heterocycles. The average Bonchev–Trinajstić information content (AvgIpc) is 3.36. The Labute approximate surface area is 240 Å². The van der Waals surface area contributed by atoms with E-state index in [1.54, 1.807) is 30.1 Å². The van der Waals surface area contributed by atoms with Crippen molar-refractivity contribution in [1.29, 1.82) is 0 Å². The predicted octanol–water partition coefficient (Wildman–Crippen LogP) is 6.51. The number of piperidine rings is 1. The summed E-state index contributed by atoms with van der Waals surface area (Å²) in [6.45, 7) is 5.85. The summed E-state index contributed by atoms with van der Waals surface area (Å²) in [5, 5.41) is 0.621. The Kier molecular flexibility index (Phi) is 7.88. The number of halogens is 2. The molecule has 5 rings (SSSR count). The minimum Gasteiger partial charge on any atom is -0.371 e. The summed E-state index contributed by atoms with van der Waals surface area (Å²) < 4.78 is 0. The number of amides is 2. The number of rotatable bonds is 5. The average molecular weight is 566 g/mol. The zero-order valence-electron chi connectivity index (χ0n) is 22.9. The van der Waals surface area contributed by atoms with Crippen LogP contribution in [0.1, 0.15) is 68.5 Å². The number of pyridine rings is 1. The van der Waals surface area contributed by atoms with Crippen molar-refractivity contribution in [1.82, 2.24) is 14.8 Å². The van der Waals surface area contributed by atoms with Gasteiger partial charge in [0.1, 0.15) is 0 Å². The molecule has 8 heteroatoms. The lowest BCUT2D eigenvalue weighted by molar-refractivity contribution is 0.0709. The summed E-state index contributed by atoms with van der Waals surface area (Å²) >= 11 is 12.5. The van der Waals surface area contributed by atoms with Gasteiger partial charge in [-0.25, -0.2) is 0 Å². The van der Waals surface area contributed by atoms with Gasteiger partial charge < -0.3 is 14.7 Å². The van der Waals surface area contributed by atoms with Gasteiger partial charge in [0.15, 0.2) is 0 Å². The molecule has 3 aromatic rings. The van der Waals surface area contributed by atoms with Gasteiger partial charge in [-0.2, -0.15) is 0 Å². The van der Waals surface area contributed by atoms with Crippen LogP contribution in [-0.4, -0.2) is 59.8 Å². The highest BCUT2D eigenvalue weighted by Crippen LogP contribution is 2.38. The van der Waals surface area contributed by atoms with Gasteiger partial charge in [0.25, 0.3) is 11.8 Å². The van der Waals surface area contributed by atoms with Crippen LogP contribution in [0.3, 0.4) is 0 Å². The van der Waals surface area contributed by atoms with Crippen molar-refractivity contribution in [2.75, 3.05) is 32.1 Å². The van der Waals surface area contributed by atoms with Gasteiger partial charge in [-0.1, -0.05) is 35.3 Å². The molecule has 2 heterocycles. The van der Waals surface area contributed by atoms with Gasteiger partial charge in [0, 0.05) is 55.9 Å². The molecule has 1 fully saturated rings. The lowest BCUT2D eigenvalue weighted by Gasteiger charge is -2.38. The lowest BCUT2D eigenvalue weighted by Crippen LogP contribution is -2.45. The van der Waals surface area contributed by atoms with Crippen LogP contribution in [0.5, 0.6) is 0 Å². The molecular formula is C31H34Cl2N4O2. The largest absolute Gasteiger partial charge is 0.371 e. The normalized spacial score (nSPS) is 17.2. The number of fused-ring (bicyclic) bond motifs is 1. The van der Waals surface area contributed by atoms with Gasteiger partial charge >= 0.3 is 0 Å². The van der Waals surface area contributed by atoms with Crippen molar-refractivity contribution < 1.29 is 9.59 Å². The van der Waals surface area contributed by atoms with Crippen LogP contribution in [-0.2, 0) is 6.42 Å². The summed E-state index contributed by atoms with van der Waals surface area (Å²) in [6.07, 6.45) is 3.48. The van der Waals surface area contributed by atoms with Crippen molar-refractivity contribution in [3.8, 4) is 0 Å². The molecule has 1 aliphatic carbocycles. The molecule has 1 atom stereocenters. The van der Waals surface area contributed by atoms with E-state index in [1.807, 2.05) is 44.0 Å². The third kappa shape index (κ3) is 5.50. The topological polar surface area (TPSA) is 56.8 Å². The molecule has 204 valence electrons. The van der Waals surface area contributed by atoms with E-state index in [0.717, 1.165) is 55.7 Å². The van der Waals surface area contributed by atoms with E-state index in [0.29, 0.717) is 16.1 Å². The fourth-order valence-electron chi connectivity index (χ4n) is 5.99. The van der Waals surface area contributed by atoms with Gasteiger partial charge in [-0.15, -0.1) is 0 Å². The van der Waals surface area contributed by atoms with Crippen LogP contribution >= 0.6 is 23.2 Å². The van der Waals surface area contributed by atoms with Crippen molar-refractivity contribution >= 4 is 40.7 Å². The molecule has 6 nitrogen and oxygen atoms in total. The van der Waals surface area contributed by atoms with E-state index in [9.17, 15) is 9.59 Å². The third-order valence-electron chi connectivity index (χ3n) is 8.17. The van der Waals surface area contributed by atoms with Crippen LogP contribution in [0.2, 0.25) is 10.0 Å². The Morgan fingerprint density at radius 2 is 1.59 bits per heavy atom. The number of hydrogen-bond acceptors (Lipinski definition) is 4. The molecule has 1 aliphatic heterocycles. The minimum absolute atomic E-state index is 0.0179. The number of benzene rings is 2. The van der Waals surface area contributed by atoms with Crippen LogP contribution < -0.4 is 4.90 Å². The maximum absolute atomic E-state index is 13.6. The second-order valence-electron chi connectivity index (χ2n) is 10.7. The van der Waals surface area contributed by atoms with Crippen LogP contribution in [0.15, 0.2) is 48.5 Å². The Morgan fingerprint density at radius 1 is 0.897 bits per heavy atom. The van der Waals surface area contributed by atoms with E-state index in [1.165, 1.54) is 11.3 Å². The Bertz CT molecular complexity index is 1400. The Balaban J connectivity index is 1.28. The molecule has 2 amide bonds. The molecule has 0 spiro atoms. The smallest absolute Gasteiger partial charge is 0.255 e. The first-order valence-electron chi connectivity index (χ1n) is 13.5. The monoisotopic (exact) mass is 564 g/mol. The molecule has 0 saturated carbocycles. The molecule has 39 heavy (non-hydrogen) atoms. The molecule has 1 saturated heterocycles. The number of hydrogen-bond donors (Lipinski definition) is 0. The van der Waals surface area contributed by atoms with Crippen molar-refractivity contribution in [2.45, 2.75) is 51.6 Å². The molecule has 1 unspecified atom stereocenters. The highest BCUT2D eigenvalue weighted by atomic mass is 35.5. The summed E-state index contributed by atoms with van der Waals surface area (Å²) in [6, 6.07) is 15.3. The highest BCUT2D eigenvalue weighted by Gasteiger charge is 2.32. The fourth-order valence-corrected chi connectivity index (χ4v) is 6.37. The van der Waals surface area contributed by atoms with Gasteiger partial charge in [-0.05, 0) is 87.1 Å². The number of aryl methyl sites for hydroxylation is 3. The summed E-state index contributed by atoms with van der Waals surface area (Å²) in [5.41, 5.74) is 6.50. The van der Waals surface area contributed by atoms with E-state index in [2.05, 4.69) is 22.0 Å². The van der Waals surface area contributed by atoms with Crippen LogP contribution in [0.25, 0.3) is 0 Å². The molecule has 2 aromatic carbocycles. The van der Waals surface area contributed by atoms with E-state index >= 15 is 0 Å². The number of carbonyl (C=O) groups is 2. The Morgan fingerprint density at radius 3 is 2.28 bits per heavy atom. The zero-order chi connectivity index (χ0) is 27.8. The highest BCUT2D eigenvalue weighted by molar-refractivity contribution is 6.43. The first-order chi connectivity index (χ1) is 18.6. The predicted molar refractivity (Wildman–Crippen MR) is 157 cm³/mol. The van der Waals surface area contributed by atoms with E-state index < -0.39 is 0 Å². The van der Waals surface area contributed by atoms with Crippen molar-refractivity contribution in [3.63, 3.8) is 0 Å². The zero-order valence-corrected chi connectivity index (χ0v) is 24.4. The van der Waals surface area contributed by atoms with Gasteiger partial charge in [0.2, 0.25) is 0 Å². The summed E-state index contributed by atoms with van der Waals surface area (Å²) in [5.74, 6) is -0.162. The number of aromatic nitrogens is 1. The maximum Gasteiger partial charge on any atom is 0.255 e. The number of nitrogens with zero attached hydrogens (tertiary/aromatic N) is 4. The van der Waals surface area contributed by atoms with Gasteiger partial charge in [0.05, 0.1) is 21.7 Å². The fraction of sp³-hybridized carbons (Fsp3) is 0.387. The van der Waals surface area contributed by atoms with Crippen LogP contribution in [0, 0.1) is 13.8 Å². The minimum atomic E-state index is -0.180. The summed E-state index contributed by atoms with van der Waals surface area (Å²) in [4.78, 5) is 37.4. The molecular weight excluding hydrogens is 531 g/mol. The third-order valence-corrected chi connectivity index (χ3v) is 8.99. The SMILES string of the molecule is Cc1cc(N2CCC(N(C)C(=O)c3ccc4c(c3)C(N(C)C(=O)c3cccc(Cl)c3Cl)CC4)CC2)cc(C)n1. The standard InChI is InChI=1S/C31H34Cl2N4O2/c1-19-16-24(17-20(2)34-19)37-14-12-23(13-15-37)35(3)30(38)22-9-8-21-10-11-28(26(21)18-22)36(4)31(39)25-6-5-7-27(32)29(25)33/h5-9,16-18,23,28H,10-15H2,1-4H3. The van der Waals surface area contributed by atoms with E-state index in [-0.39, 0.29) is 28.9 Å². The van der Waals surface area contributed by atoms with Gasteiger partial charge in [-0.3, -0.25) is 14.6 Å². The lowest BCUT2D eigenvalue weighted by atomic mass is 9.99. The first kappa shape index (κ1) is 27.5. The number of carbonyl (C=O) groups excluding carboxylic acids is 2. The number of anilines is 1. The molecule has 0 N–H and O–H groups in total. The van der Waals surface area contributed by atoms with Crippen molar-refractivity contribution in [3.05, 3.63) is 92.2 Å². The maximum atomic E-state index is 13.6. The summed E-state index contributed by atoms with van der Waals surface area (Å²) in [7, 11) is 3.70. The quantitative estimate of drug-likeness (QED) is 0.354. The van der Waals surface area contributed by atoms with Crippen molar-refractivity contribution in [2.24, 2.45) is 0 Å². The molecule has 0 bridgehead atoms.